The summed E-state index contributed by atoms with van der Waals surface area (Å²) < 4.78 is 8.75. The van der Waals surface area contributed by atoms with Gasteiger partial charge < -0.3 is 9.30 Å². The lowest BCUT2D eigenvalue weighted by atomic mass is 9.88. The van der Waals surface area contributed by atoms with Crippen molar-refractivity contribution in [2.75, 3.05) is 0 Å². The van der Waals surface area contributed by atoms with Gasteiger partial charge in [0, 0.05) is 38.4 Å². The first-order valence-corrected chi connectivity index (χ1v) is 17.7. The SMILES string of the molecule is c1ccc(-n2c3ccc(-c4nc5c6c(cccc6n4)Oc4ccccc4-5)cc3c3c4c5ccccc5c5ccccc5c4c4ccccc4c32)cc1. The van der Waals surface area contributed by atoms with Crippen LogP contribution in [-0.2, 0) is 0 Å². The van der Waals surface area contributed by atoms with Gasteiger partial charge in [-0.3, -0.25) is 0 Å². The quantitative estimate of drug-likeness (QED) is 0.173. The van der Waals surface area contributed by atoms with Crippen molar-refractivity contribution < 1.29 is 4.74 Å². The molecule has 0 saturated carbocycles. The van der Waals surface area contributed by atoms with Crippen molar-refractivity contribution in [3.63, 3.8) is 0 Å². The Morgan fingerprint density at radius 3 is 1.85 bits per heavy atom. The lowest BCUT2D eigenvalue weighted by Crippen LogP contribution is -2.02. The van der Waals surface area contributed by atoms with E-state index in [1.54, 1.807) is 0 Å². The summed E-state index contributed by atoms with van der Waals surface area (Å²) in [7, 11) is 0. The van der Waals surface area contributed by atoms with Crippen LogP contribution in [0.25, 0.3) is 104 Å². The Kier molecular flexibility index (Phi) is 5.47. The van der Waals surface area contributed by atoms with E-state index < -0.39 is 0 Å². The van der Waals surface area contributed by atoms with Crippen LogP contribution in [0, 0.1) is 0 Å². The molecule has 2 aromatic heterocycles. The fourth-order valence-corrected chi connectivity index (χ4v) is 8.80. The van der Waals surface area contributed by atoms with Crippen LogP contribution in [0.5, 0.6) is 11.5 Å². The molecule has 0 N–H and O–H groups in total. The second-order valence-corrected chi connectivity index (χ2v) is 13.7. The molecule has 4 nitrogen and oxygen atoms in total. The van der Waals surface area contributed by atoms with Crippen LogP contribution in [-0.4, -0.2) is 14.5 Å². The first kappa shape index (κ1) is 27.7. The van der Waals surface area contributed by atoms with Crippen molar-refractivity contribution >= 4 is 75.8 Å². The molecule has 0 fully saturated rings. The Hall–Kier alpha value is -7.04. The minimum absolute atomic E-state index is 0.694. The number of aromatic nitrogens is 3. The topological polar surface area (TPSA) is 39.9 Å². The van der Waals surface area contributed by atoms with E-state index in [0.29, 0.717) is 5.82 Å². The lowest BCUT2D eigenvalue weighted by Gasteiger charge is -2.20. The number of para-hydroxylation sites is 2. The highest BCUT2D eigenvalue weighted by atomic mass is 16.5. The fourth-order valence-electron chi connectivity index (χ4n) is 8.80. The predicted octanol–water partition coefficient (Wildman–Crippen LogP) is 12.8. The fraction of sp³-hybridized carbons (Fsp3) is 0. The summed E-state index contributed by atoms with van der Waals surface area (Å²) in [5.41, 5.74) is 7.19. The molecule has 0 radical (unpaired) electrons. The van der Waals surface area contributed by atoms with Gasteiger partial charge in [-0.15, -0.1) is 0 Å². The summed E-state index contributed by atoms with van der Waals surface area (Å²) in [5, 5.41) is 13.4. The molecule has 0 aliphatic carbocycles. The molecule has 0 amide bonds. The van der Waals surface area contributed by atoms with Crippen LogP contribution in [0.2, 0.25) is 0 Å². The zero-order valence-corrected chi connectivity index (χ0v) is 27.8. The van der Waals surface area contributed by atoms with Gasteiger partial charge in [0.05, 0.1) is 27.6 Å². The van der Waals surface area contributed by atoms with Crippen molar-refractivity contribution in [1.82, 2.24) is 14.5 Å². The monoisotopic (exact) mass is 661 g/mol. The number of nitrogens with zero attached hydrogens (tertiary/aromatic N) is 3. The third-order valence-electron chi connectivity index (χ3n) is 10.9. The van der Waals surface area contributed by atoms with Crippen molar-refractivity contribution in [2.24, 2.45) is 0 Å². The lowest BCUT2D eigenvalue weighted by molar-refractivity contribution is 0.486. The van der Waals surface area contributed by atoms with Crippen LogP contribution in [0.15, 0.2) is 164 Å². The maximum Gasteiger partial charge on any atom is 0.160 e. The van der Waals surface area contributed by atoms with Gasteiger partial charge >= 0.3 is 0 Å². The van der Waals surface area contributed by atoms with Crippen LogP contribution in [0.3, 0.4) is 0 Å². The molecule has 3 heterocycles. The Labute approximate surface area is 297 Å². The summed E-state index contributed by atoms with van der Waals surface area (Å²) in [6, 6.07) is 58.4. The van der Waals surface area contributed by atoms with E-state index in [1.807, 2.05) is 30.3 Å². The van der Waals surface area contributed by atoms with Crippen molar-refractivity contribution in [3.8, 4) is 39.8 Å². The number of fused-ring (bicyclic) bond motifs is 15. The molecule has 4 heteroatoms. The molecule has 1 aliphatic heterocycles. The zero-order valence-electron chi connectivity index (χ0n) is 27.8. The van der Waals surface area contributed by atoms with Gasteiger partial charge in [0.1, 0.15) is 11.5 Å². The Morgan fingerprint density at radius 1 is 0.423 bits per heavy atom. The van der Waals surface area contributed by atoms with Crippen LogP contribution in [0.1, 0.15) is 0 Å². The van der Waals surface area contributed by atoms with Gasteiger partial charge in [-0.05, 0) is 86.9 Å². The Bertz CT molecular complexity index is 3330. The van der Waals surface area contributed by atoms with Crippen LogP contribution < -0.4 is 4.74 Å². The number of hydrogen-bond acceptors (Lipinski definition) is 3. The van der Waals surface area contributed by atoms with Gasteiger partial charge in [-0.2, -0.15) is 0 Å². The van der Waals surface area contributed by atoms with E-state index in [2.05, 4.69) is 138 Å². The normalized spacial score (nSPS) is 12.4. The smallest absolute Gasteiger partial charge is 0.160 e. The number of hydrogen-bond donors (Lipinski definition) is 0. The summed E-state index contributed by atoms with van der Waals surface area (Å²) in [6.45, 7) is 0. The molecule has 0 saturated heterocycles. The van der Waals surface area contributed by atoms with Crippen molar-refractivity contribution in [3.05, 3.63) is 164 Å². The molecule has 9 aromatic carbocycles. The Morgan fingerprint density at radius 2 is 1.06 bits per heavy atom. The highest BCUT2D eigenvalue weighted by Crippen LogP contribution is 2.49. The minimum atomic E-state index is 0.694. The molecule has 0 bridgehead atoms. The summed E-state index contributed by atoms with van der Waals surface area (Å²) in [5.74, 6) is 2.29. The molecule has 0 spiro atoms. The zero-order chi connectivity index (χ0) is 33.9. The van der Waals surface area contributed by atoms with E-state index in [0.717, 1.165) is 50.4 Å². The summed E-state index contributed by atoms with van der Waals surface area (Å²) in [6.07, 6.45) is 0. The maximum atomic E-state index is 6.30. The van der Waals surface area contributed by atoms with Crippen molar-refractivity contribution in [2.45, 2.75) is 0 Å². The molecule has 1 aliphatic rings. The highest BCUT2D eigenvalue weighted by Gasteiger charge is 2.25. The first-order valence-electron chi connectivity index (χ1n) is 17.7. The second kappa shape index (κ2) is 10.3. The van der Waals surface area contributed by atoms with Gasteiger partial charge in [0.15, 0.2) is 5.82 Å². The van der Waals surface area contributed by atoms with Crippen LogP contribution >= 0.6 is 0 Å². The predicted molar refractivity (Wildman–Crippen MR) is 215 cm³/mol. The molecule has 12 rings (SSSR count). The van der Waals surface area contributed by atoms with Crippen molar-refractivity contribution in [1.29, 1.82) is 0 Å². The largest absolute Gasteiger partial charge is 0.456 e. The number of benzene rings is 9. The maximum absolute atomic E-state index is 6.30. The molecule has 11 aromatic rings. The molecular formula is C48H27N3O. The summed E-state index contributed by atoms with van der Waals surface area (Å²) in [4.78, 5) is 10.5. The van der Waals surface area contributed by atoms with Gasteiger partial charge in [0.2, 0.25) is 0 Å². The minimum Gasteiger partial charge on any atom is -0.456 e. The van der Waals surface area contributed by atoms with Gasteiger partial charge in [-0.1, -0.05) is 109 Å². The van der Waals surface area contributed by atoms with E-state index in [4.69, 9.17) is 14.7 Å². The standard InChI is InChI=1S/C48H27N3O/c1-2-13-29(14-3-1)51-39-26-25-28(48-49-38-22-12-24-41-45(38)46(50-48)36-21-10-11-23-40(36)52-41)27-37(39)44-43-33-18-7-5-16-31(33)30-15-4-6-17-32(30)42(43)34-19-8-9-20-35(34)47(44)51/h1-27H. The van der Waals surface area contributed by atoms with E-state index in [1.165, 1.54) is 59.4 Å². The third-order valence-corrected chi connectivity index (χ3v) is 10.9. The number of ether oxygens (including phenoxy) is 1. The van der Waals surface area contributed by atoms with E-state index in [-0.39, 0.29) is 0 Å². The van der Waals surface area contributed by atoms with E-state index >= 15 is 0 Å². The molecular weight excluding hydrogens is 635 g/mol. The van der Waals surface area contributed by atoms with E-state index in [9.17, 15) is 0 Å². The van der Waals surface area contributed by atoms with Gasteiger partial charge in [-0.25, -0.2) is 9.97 Å². The molecule has 0 unspecified atom stereocenters. The first-order chi connectivity index (χ1) is 25.8. The van der Waals surface area contributed by atoms with Gasteiger partial charge in [0.25, 0.3) is 0 Å². The average molecular weight is 662 g/mol. The molecule has 240 valence electrons. The molecule has 0 atom stereocenters. The Balaban J connectivity index is 1.29. The summed E-state index contributed by atoms with van der Waals surface area (Å²) >= 11 is 0. The number of rotatable bonds is 2. The molecule has 52 heavy (non-hydrogen) atoms. The second-order valence-electron chi connectivity index (χ2n) is 13.7. The van der Waals surface area contributed by atoms with Crippen LogP contribution in [0.4, 0.5) is 0 Å². The highest BCUT2D eigenvalue weighted by molar-refractivity contribution is 6.42. The average Bonchev–Trinajstić information content (AvgIpc) is 3.56. The third kappa shape index (κ3) is 3.65.